The van der Waals surface area contributed by atoms with Gasteiger partial charge in [-0.05, 0) is 37.5 Å². The lowest BCUT2D eigenvalue weighted by Gasteiger charge is -2.21. The minimum absolute atomic E-state index is 0.107. The number of unbranched alkanes of at least 4 members (excludes halogenated alkanes) is 56. The Morgan fingerprint density at radius 1 is 0.271 bits per heavy atom. The molecule has 0 aliphatic heterocycles. The fourth-order valence-electron chi connectivity index (χ4n) is 13.7. The maximum absolute atomic E-state index is 13.2. The van der Waals surface area contributed by atoms with Crippen LogP contribution in [0.5, 0.6) is 0 Å². The summed E-state index contributed by atoms with van der Waals surface area (Å²) in [6, 6.07) is 0. The molecule has 6 atom stereocenters. The van der Waals surface area contributed by atoms with Crippen LogP contribution < -0.4 is 0 Å². The second-order valence-corrected chi connectivity index (χ2v) is 35.3. The van der Waals surface area contributed by atoms with E-state index in [1.165, 1.54) is 289 Å². The molecule has 0 saturated carbocycles. The van der Waals surface area contributed by atoms with Crippen molar-refractivity contribution < 1.29 is 80.2 Å². The summed E-state index contributed by atoms with van der Waals surface area (Å²) in [6.07, 6.45) is 72.1. The molecule has 0 aliphatic carbocycles. The fourth-order valence-corrected chi connectivity index (χ4v) is 15.3. The molecule has 0 aliphatic rings. The Balaban J connectivity index is 5.25. The van der Waals surface area contributed by atoms with E-state index in [0.717, 1.165) is 102 Å². The largest absolute Gasteiger partial charge is 0.472 e. The van der Waals surface area contributed by atoms with Gasteiger partial charge in [0.1, 0.15) is 19.3 Å². The topological polar surface area (TPSA) is 237 Å². The van der Waals surface area contributed by atoms with Gasteiger partial charge < -0.3 is 33.8 Å². The maximum atomic E-state index is 13.2. The number of esters is 4. The molecule has 17 nitrogen and oxygen atoms in total. The fraction of sp³-hybridized carbons (Fsp3) is 0.955. The molecule has 0 radical (unpaired) electrons. The number of phosphoric ester groups is 2. The molecular formula is C88H172O17P2. The molecule has 0 bridgehead atoms. The quantitative estimate of drug-likeness (QED) is 0.0222. The molecule has 3 unspecified atom stereocenters. The standard InChI is InChI=1S/C88H172O17P2/c1-7-10-12-14-16-18-20-22-23-24-25-29-32-36-40-47-53-59-65-71-86(91)99-76-83(104-87(92)72-66-60-54-48-41-37-33-30-27-26-28-31-35-38-44-50-56-62-68-80(4)5)78-102-106(94,95)100-74-82(89)75-101-107(96,97)103-79-84(77-98-85(90)70-64-58-52-46-39-34-21-19-17-15-13-11-8-2)105-88(93)73-67-61-55-49-43-42-45-51-57-63-69-81(6)9-3/h80-84,89H,7-79H2,1-6H3,(H,94,95)(H,96,97)/t81?,82-,83-,84-/m1/s1. The number of phosphoric acid groups is 2. The van der Waals surface area contributed by atoms with E-state index >= 15 is 0 Å². The molecule has 0 aromatic rings. The summed E-state index contributed by atoms with van der Waals surface area (Å²) in [5, 5.41) is 10.7. The molecule has 0 saturated heterocycles. The summed E-state index contributed by atoms with van der Waals surface area (Å²) >= 11 is 0. The van der Waals surface area contributed by atoms with Crippen molar-refractivity contribution in [2.45, 2.75) is 490 Å². The first-order chi connectivity index (χ1) is 51.9. The molecular weight excluding hydrogens is 1390 g/mol. The van der Waals surface area contributed by atoms with Gasteiger partial charge in [0.2, 0.25) is 0 Å². The lowest BCUT2D eigenvalue weighted by molar-refractivity contribution is -0.161. The summed E-state index contributed by atoms with van der Waals surface area (Å²) < 4.78 is 69.0. The average Bonchev–Trinajstić information content (AvgIpc) is 1.09. The Kier molecular flexibility index (Phi) is 77.9. The van der Waals surface area contributed by atoms with Crippen LogP contribution in [0, 0.1) is 11.8 Å². The van der Waals surface area contributed by atoms with E-state index in [1.807, 2.05) is 0 Å². The van der Waals surface area contributed by atoms with Crippen LogP contribution in [0.1, 0.15) is 472 Å². The van der Waals surface area contributed by atoms with Crippen molar-refractivity contribution in [1.29, 1.82) is 0 Å². The van der Waals surface area contributed by atoms with Gasteiger partial charge in [0, 0.05) is 25.7 Å². The highest BCUT2D eigenvalue weighted by molar-refractivity contribution is 7.47. The summed E-state index contributed by atoms with van der Waals surface area (Å²) in [7, 11) is -9.93. The van der Waals surface area contributed by atoms with Gasteiger partial charge in [-0.3, -0.25) is 37.3 Å². The van der Waals surface area contributed by atoms with Gasteiger partial charge in [-0.2, -0.15) is 0 Å². The van der Waals surface area contributed by atoms with Gasteiger partial charge in [0.05, 0.1) is 26.4 Å². The van der Waals surface area contributed by atoms with Crippen LogP contribution in [0.2, 0.25) is 0 Å². The number of hydrogen-bond donors (Lipinski definition) is 3. The van der Waals surface area contributed by atoms with Crippen molar-refractivity contribution in [3.63, 3.8) is 0 Å². The maximum Gasteiger partial charge on any atom is 0.472 e. The predicted molar refractivity (Wildman–Crippen MR) is 442 cm³/mol. The van der Waals surface area contributed by atoms with Crippen LogP contribution in [0.4, 0.5) is 0 Å². The van der Waals surface area contributed by atoms with Crippen LogP contribution in [-0.4, -0.2) is 96.7 Å². The summed E-state index contributed by atoms with van der Waals surface area (Å²) in [4.78, 5) is 73.3. The third-order valence-corrected chi connectivity index (χ3v) is 23.0. The van der Waals surface area contributed by atoms with E-state index in [9.17, 15) is 43.2 Å². The third-order valence-electron chi connectivity index (χ3n) is 21.1. The first-order valence-electron chi connectivity index (χ1n) is 45.5. The summed E-state index contributed by atoms with van der Waals surface area (Å²) in [6.45, 7) is 9.75. The Bertz CT molecular complexity index is 2050. The molecule has 0 aromatic carbocycles. The van der Waals surface area contributed by atoms with Crippen molar-refractivity contribution in [2.75, 3.05) is 39.6 Å². The zero-order valence-corrected chi connectivity index (χ0v) is 72.2. The van der Waals surface area contributed by atoms with Gasteiger partial charge in [-0.1, -0.05) is 420 Å². The van der Waals surface area contributed by atoms with E-state index in [1.54, 1.807) is 0 Å². The van der Waals surface area contributed by atoms with Crippen molar-refractivity contribution in [3.8, 4) is 0 Å². The first kappa shape index (κ1) is 105. The van der Waals surface area contributed by atoms with Crippen molar-refractivity contribution in [3.05, 3.63) is 0 Å². The number of aliphatic hydroxyl groups excluding tert-OH is 1. The number of rotatable bonds is 87. The number of aliphatic hydroxyl groups is 1. The highest BCUT2D eigenvalue weighted by atomic mass is 31.2. The Morgan fingerprint density at radius 2 is 0.477 bits per heavy atom. The van der Waals surface area contributed by atoms with Crippen molar-refractivity contribution in [1.82, 2.24) is 0 Å². The van der Waals surface area contributed by atoms with Crippen LogP contribution in [0.3, 0.4) is 0 Å². The Hall–Kier alpha value is -1.94. The SMILES string of the molecule is CCCCCCCCCCCCCCCCCCCCCC(=O)OC[C@H](COP(=O)(O)OC[C@@H](O)COP(=O)(O)OC[C@@H](COC(=O)CCCCCCCCCCCCCCC)OC(=O)CCCCCCCCCCCCC(C)CC)OC(=O)CCCCCCCCCCCCCCCCCCCCC(C)C. The van der Waals surface area contributed by atoms with Crippen LogP contribution >= 0.6 is 15.6 Å². The van der Waals surface area contributed by atoms with E-state index < -0.39 is 97.5 Å². The van der Waals surface area contributed by atoms with Crippen molar-refractivity contribution >= 4 is 39.5 Å². The lowest BCUT2D eigenvalue weighted by atomic mass is 9.99. The predicted octanol–water partition coefficient (Wildman–Crippen LogP) is 27.0. The third kappa shape index (κ3) is 80.5. The van der Waals surface area contributed by atoms with E-state index in [0.29, 0.717) is 25.7 Å². The van der Waals surface area contributed by atoms with Gasteiger partial charge in [0.25, 0.3) is 0 Å². The summed E-state index contributed by atoms with van der Waals surface area (Å²) in [5.74, 6) is -0.475. The summed E-state index contributed by atoms with van der Waals surface area (Å²) in [5.41, 5.74) is 0. The molecule has 19 heteroatoms. The minimum atomic E-state index is -4.97. The number of carbonyl (C=O) groups is 4. The number of hydrogen-bond acceptors (Lipinski definition) is 15. The van der Waals surface area contributed by atoms with E-state index in [-0.39, 0.29) is 25.7 Å². The van der Waals surface area contributed by atoms with E-state index in [2.05, 4.69) is 41.5 Å². The first-order valence-corrected chi connectivity index (χ1v) is 48.5. The molecule has 0 spiro atoms. The molecule has 3 N–H and O–H groups in total. The van der Waals surface area contributed by atoms with Gasteiger partial charge in [0.15, 0.2) is 12.2 Å². The monoisotopic (exact) mass is 1560 g/mol. The molecule has 0 aromatic heterocycles. The highest BCUT2D eigenvalue weighted by Crippen LogP contribution is 2.45. The molecule has 0 rings (SSSR count). The zero-order valence-electron chi connectivity index (χ0n) is 70.5. The molecule has 0 amide bonds. The number of ether oxygens (including phenoxy) is 4. The Morgan fingerprint density at radius 3 is 0.710 bits per heavy atom. The van der Waals surface area contributed by atoms with Gasteiger partial charge >= 0.3 is 39.5 Å². The molecule has 0 fully saturated rings. The minimum Gasteiger partial charge on any atom is -0.462 e. The molecule has 0 heterocycles. The molecule has 107 heavy (non-hydrogen) atoms. The average molecular weight is 1560 g/mol. The van der Waals surface area contributed by atoms with Gasteiger partial charge in [-0.15, -0.1) is 0 Å². The second kappa shape index (κ2) is 79.3. The van der Waals surface area contributed by atoms with E-state index in [4.69, 9.17) is 37.0 Å². The number of carbonyl (C=O) groups excluding carboxylic acids is 4. The smallest absolute Gasteiger partial charge is 0.462 e. The van der Waals surface area contributed by atoms with Crippen LogP contribution in [0.25, 0.3) is 0 Å². The van der Waals surface area contributed by atoms with Gasteiger partial charge in [-0.25, -0.2) is 9.13 Å². The van der Waals surface area contributed by atoms with Crippen molar-refractivity contribution in [2.24, 2.45) is 11.8 Å². The van der Waals surface area contributed by atoms with Crippen LogP contribution in [0.15, 0.2) is 0 Å². The van der Waals surface area contributed by atoms with Crippen LogP contribution in [-0.2, 0) is 65.4 Å². The normalized spacial score (nSPS) is 14.0. The highest BCUT2D eigenvalue weighted by Gasteiger charge is 2.31. The second-order valence-electron chi connectivity index (χ2n) is 32.4. The molecule has 636 valence electrons. The lowest BCUT2D eigenvalue weighted by Crippen LogP contribution is -2.30. The Labute approximate surface area is 658 Å². The zero-order chi connectivity index (χ0) is 78.5.